The van der Waals surface area contributed by atoms with Crippen LogP contribution in [0.2, 0.25) is 0 Å². The van der Waals surface area contributed by atoms with Gasteiger partial charge in [0.1, 0.15) is 18.2 Å². The molecule has 0 aromatic carbocycles. The molecule has 19 heavy (non-hydrogen) atoms. The molecule has 0 amide bonds. The van der Waals surface area contributed by atoms with E-state index in [1.807, 2.05) is 0 Å². The zero-order chi connectivity index (χ0) is 13.9. The van der Waals surface area contributed by atoms with Gasteiger partial charge in [0.15, 0.2) is 11.5 Å². The number of thiol groups is 1. The van der Waals surface area contributed by atoms with Gasteiger partial charge < -0.3 is 19.9 Å². The van der Waals surface area contributed by atoms with E-state index in [0.717, 1.165) is 0 Å². The number of anilines is 1. The number of fused-ring (bicyclic) bond motifs is 1. The van der Waals surface area contributed by atoms with Gasteiger partial charge in [0, 0.05) is 6.54 Å². The van der Waals surface area contributed by atoms with Crippen LogP contribution in [-0.4, -0.2) is 37.4 Å². The van der Waals surface area contributed by atoms with Gasteiger partial charge in [-0.15, -0.1) is 0 Å². The maximum atomic E-state index is 11.1. The SMILES string of the molecule is Nc1ncnc2c1ncn2CCOCP(=O)(O)OS. The fourth-order valence-electron chi connectivity index (χ4n) is 1.43. The Hall–Kier alpha value is -1.19. The Kier molecular flexibility index (Phi) is 4.38. The first-order valence-corrected chi connectivity index (χ1v) is 7.30. The Balaban J connectivity index is 1.96. The number of ether oxygens (including phenoxy) is 1. The summed E-state index contributed by atoms with van der Waals surface area (Å²) in [5.41, 5.74) is 6.73. The Morgan fingerprint density at radius 3 is 3.00 bits per heavy atom. The minimum atomic E-state index is -3.76. The Labute approximate surface area is 113 Å². The van der Waals surface area contributed by atoms with E-state index in [2.05, 4.69) is 31.8 Å². The summed E-state index contributed by atoms with van der Waals surface area (Å²) in [6.45, 7) is 0.594. The summed E-state index contributed by atoms with van der Waals surface area (Å²) in [6, 6.07) is 0. The highest BCUT2D eigenvalue weighted by Gasteiger charge is 2.17. The van der Waals surface area contributed by atoms with E-state index in [-0.39, 0.29) is 6.61 Å². The maximum Gasteiger partial charge on any atom is 0.364 e. The van der Waals surface area contributed by atoms with Gasteiger partial charge in [-0.25, -0.2) is 18.9 Å². The molecule has 0 fully saturated rings. The molecule has 0 saturated heterocycles. The largest absolute Gasteiger partial charge is 0.382 e. The molecule has 0 saturated carbocycles. The first-order valence-electron chi connectivity index (χ1n) is 5.17. The Bertz CT molecular complexity index is 620. The highest BCUT2D eigenvalue weighted by molar-refractivity contribution is 7.81. The topological polar surface area (TPSA) is 125 Å². The van der Waals surface area contributed by atoms with Gasteiger partial charge in [-0.2, -0.15) is 0 Å². The number of nitrogens with two attached hydrogens (primary N) is 1. The quantitative estimate of drug-likeness (QED) is 0.303. The Morgan fingerprint density at radius 2 is 2.26 bits per heavy atom. The first-order chi connectivity index (χ1) is 9.03. The number of hydrogen-bond acceptors (Lipinski definition) is 8. The van der Waals surface area contributed by atoms with Crippen molar-refractivity contribution in [3.05, 3.63) is 12.7 Å². The molecule has 2 aromatic rings. The molecule has 2 aromatic heterocycles. The maximum absolute atomic E-state index is 11.1. The average Bonchev–Trinajstić information content (AvgIpc) is 2.80. The minimum absolute atomic E-state index is 0.192. The standard InChI is InChI=1S/C8H12N5O4PS/c9-7-6-8(11-3-10-7)13(4-12-6)1-2-16-5-18(14,15)17-19/h3-4,19H,1-2,5H2,(H,14,15)(H2,9,10,11). The molecule has 2 rings (SSSR count). The van der Waals surface area contributed by atoms with E-state index in [1.54, 1.807) is 10.9 Å². The average molecular weight is 305 g/mol. The van der Waals surface area contributed by atoms with Crippen molar-refractivity contribution in [2.75, 3.05) is 18.7 Å². The second-order valence-electron chi connectivity index (χ2n) is 3.63. The van der Waals surface area contributed by atoms with Crippen molar-refractivity contribution in [1.29, 1.82) is 0 Å². The number of nitrogen functional groups attached to an aromatic ring is 1. The van der Waals surface area contributed by atoms with Crippen molar-refractivity contribution in [3.8, 4) is 0 Å². The van der Waals surface area contributed by atoms with Crippen LogP contribution in [0.5, 0.6) is 0 Å². The highest BCUT2D eigenvalue weighted by atomic mass is 32.1. The van der Waals surface area contributed by atoms with Crippen molar-refractivity contribution in [2.45, 2.75) is 6.54 Å². The summed E-state index contributed by atoms with van der Waals surface area (Å²) in [6.07, 6.45) is 2.46. The molecule has 0 aliphatic rings. The molecule has 104 valence electrons. The van der Waals surface area contributed by atoms with Crippen LogP contribution in [-0.2, 0) is 19.8 Å². The van der Waals surface area contributed by atoms with Crippen molar-refractivity contribution < 1.29 is 18.2 Å². The molecule has 0 radical (unpaired) electrons. The summed E-state index contributed by atoms with van der Waals surface area (Å²) in [7, 11) is -3.76. The van der Waals surface area contributed by atoms with Crippen LogP contribution in [0, 0.1) is 0 Å². The molecule has 0 aliphatic carbocycles. The van der Waals surface area contributed by atoms with Crippen LogP contribution in [0.4, 0.5) is 5.82 Å². The second-order valence-corrected chi connectivity index (χ2v) is 5.81. The van der Waals surface area contributed by atoms with Crippen LogP contribution >= 0.6 is 20.5 Å². The van der Waals surface area contributed by atoms with Crippen molar-refractivity contribution >= 4 is 37.5 Å². The van der Waals surface area contributed by atoms with Gasteiger partial charge in [-0.05, 0) is 12.9 Å². The lowest BCUT2D eigenvalue weighted by atomic mass is 10.5. The second kappa shape index (κ2) is 5.85. The molecule has 9 nitrogen and oxygen atoms in total. The summed E-state index contributed by atoms with van der Waals surface area (Å²) in [5.74, 6) is 0.299. The third kappa shape index (κ3) is 3.43. The van der Waals surface area contributed by atoms with E-state index in [0.29, 0.717) is 23.5 Å². The van der Waals surface area contributed by atoms with Gasteiger partial charge in [-0.3, -0.25) is 4.57 Å². The zero-order valence-corrected chi connectivity index (χ0v) is 11.5. The summed E-state index contributed by atoms with van der Waals surface area (Å²) in [5, 5.41) is 0. The van der Waals surface area contributed by atoms with E-state index in [9.17, 15) is 4.57 Å². The summed E-state index contributed by atoms with van der Waals surface area (Å²) >= 11 is 3.28. The molecule has 1 unspecified atom stereocenters. The Morgan fingerprint density at radius 1 is 1.47 bits per heavy atom. The third-order valence-electron chi connectivity index (χ3n) is 2.29. The number of rotatable bonds is 6. The van der Waals surface area contributed by atoms with Gasteiger partial charge in [0.05, 0.1) is 12.9 Å². The van der Waals surface area contributed by atoms with Crippen molar-refractivity contribution in [2.24, 2.45) is 0 Å². The summed E-state index contributed by atoms with van der Waals surface area (Å²) in [4.78, 5) is 21.0. The number of nitrogens with zero attached hydrogens (tertiary/aromatic N) is 4. The van der Waals surface area contributed by atoms with E-state index < -0.39 is 13.9 Å². The number of hydrogen-bond donors (Lipinski definition) is 3. The monoisotopic (exact) mass is 305 g/mol. The summed E-state index contributed by atoms with van der Waals surface area (Å²) < 4.78 is 21.9. The van der Waals surface area contributed by atoms with E-state index >= 15 is 0 Å². The molecule has 1 atom stereocenters. The molecule has 0 spiro atoms. The van der Waals surface area contributed by atoms with E-state index in [4.69, 9.17) is 15.4 Å². The predicted molar refractivity (Wildman–Crippen MR) is 70.5 cm³/mol. The molecular weight excluding hydrogens is 293 g/mol. The molecule has 3 N–H and O–H groups in total. The lowest BCUT2D eigenvalue weighted by Gasteiger charge is -2.08. The van der Waals surface area contributed by atoms with Crippen LogP contribution < -0.4 is 5.73 Å². The fourth-order valence-corrected chi connectivity index (χ4v) is 1.98. The zero-order valence-electron chi connectivity index (χ0n) is 9.71. The lowest BCUT2D eigenvalue weighted by molar-refractivity contribution is 0.152. The van der Waals surface area contributed by atoms with Gasteiger partial charge >= 0.3 is 7.60 Å². The lowest BCUT2D eigenvalue weighted by Crippen LogP contribution is -2.07. The predicted octanol–water partition coefficient (Wildman–Crippen LogP) is 0.429. The highest BCUT2D eigenvalue weighted by Crippen LogP contribution is 2.42. The molecular formula is C8H12N5O4PS. The molecule has 11 heteroatoms. The fraction of sp³-hybridized carbons (Fsp3) is 0.375. The third-order valence-corrected chi connectivity index (χ3v) is 3.82. The van der Waals surface area contributed by atoms with Crippen molar-refractivity contribution in [3.63, 3.8) is 0 Å². The molecule has 0 bridgehead atoms. The first kappa shape index (κ1) is 14.2. The normalized spacial score (nSPS) is 14.6. The van der Waals surface area contributed by atoms with Crippen molar-refractivity contribution in [1.82, 2.24) is 19.5 Å². The van der Waals surface area contributed by atoms with E-state index in [1.165, 1.54) is 6.33 Å². The minimum Gasteiger partial charge on any atom is -0.382 e. The van der Waals surface area contributed by atoms with Crippen LogP contribution in [0.1, 0.15) is 0 Å². The van der Waals surface area contributed by atoms with Crippen LogP contribution in [0.3, 0.4) is 0 Å². The molecule has 0 aliphatic heterocycles. The van der Waals surface area contributed by atoms with Gasteiger partial charge in [0.2, 0.25) is 0 Å². The smallest absolute Gasteiger partial charge is 0.364 e. The number of imidazole rings is 1. The van der Waals surface area contributed by atoms with Crippen LogP contribution in [0.15, 0.2) is 12.7 Å². The van der Waals surface area contributed by atoms with Gasteiger partial charge in [0.25, 0.3) is 0 Å². The number of aromatic nitrogens is 4. The van der Waals surface area contributed by atoms with Gasteiger partial charge in [-0.1, -0.05) is 0 Å². The van der Waals surface area contributed by atoms with Crippen LogP contribution in [0.25, 0.3) is 11.2 Å². The molecule has 2 heterocycles.